The molecule has 0 aromatic heterocycles. The van der Waals surface area contributed by atoms with E-state index >= 15 is 0 Å². The Morgan fingerprint density at radius 1 is 1.45 bits per heavy atom. The molecule has 108 valence electrons. The van der Waals surface area contributed by atoms with E-state index in [1.54, 1.807) is 6.07 Å². The van der Waals surface area contributed by atoms with Gasteiger partial charge in [-0.05, 0) is 19.1 Å². The third kappa shape index (κ3) is 2.36. The molecule has 0 radical (unpaired) electrons. The number of fused-ring (bicyclic) bond motifs is 4. The van der Waals surface area contributed by atoms with Crippen LogP contribution in [-0.4, -0.2) is 24.2 Å². The van der Waals surface area contributed by atoms with Gasteiger partial charge in [-0.25, -0.2) is 0 Å². The fourth-order valence-electron chi connectivity index (χ4n) is 2.98. The van der Waals surface area contributed by atoms with Crippen LogP contribution in [0.4, 0.5) is 5.69 Å². The highest BCUT2D eigenvalue weighted by atomic mass is 35.5. The molecule has 0 spiro atoms. The molecule has 0 saturated carbocycles. The first kappa shape index (κ1) is 14.0. The molecule has 1 saturated heterocycles. The number of halogens is 2. The van der Waals surface area contributed by atoms with Gasteiger partial charge < -0.3 is 14.8 Å². The van der Waals surface area contributed by atoms with E-state index in [4.69, 9.17) is 32.7 Å². The zero-order valence-electron chi connectivity index (χ0n) is 11.2. The molecule has 4 nitrogen and oxygen atoms in total. The van der Waals surface area contributed by atoms with Gasteiger partial charge in [0.05, 0.1) is 29.0 Å². The molecule has 1 aromatic rings. The van der Waals surface area contributed by atoms with E-state index < -0.39 is 0 Å². The lowest BCUT2D eigenvalue weighted by molar-refractivity contribution is -0.170. The van der Waals surface area contributed by atoms with Gasteiger partial charge in [-0.15, -0.1) is 0 Å². The van der Waals surface area contributed by atoms with Gasteiger partial charge >= 0.3 is 5.97 Å². The summed E-state index contributed by atoms with van der Waals surface area (Å²) in [6.45, 7) is 3.31. The summed E-state index contributed by atoms with van der Waals surface area (Å²) >= 11 is 12.3. The second-order valence-corrected chi connectivity index (χ2v) is 6.09. The van der Waals surface area contributed by atoms with E-state index in [1.165, 1.54) is 6.92 Å². The fraction of sp³-hybridized carbons (Fsp3) is 0.500. The zero-order valence-corrected chi connectivity index (χ0v) is 12.7. The van der Waals surface area contributed by atoms with Crippen LogP contribution in [0.3, 0.4) is 0 Å². The number of carbonyl (C=O) groups excluding carboxylic acids is 1. The van der Waals surface area contributed by atoms with Crippen molar-refractivity contribution in [2.75, 3.05) is 5.32 Å². The van der Waals surface area contributed by atoms with Crippen molar-refractivity contribution in [3.05, 3.63) is 27.7 Å². The van der Waals surface area contributed by atoms with Crippen LogP contribution in [-0.2, 0) is 14.3 Å². The largest absolute Gasteiger partial charge is 0.458 e. The molecule has 4 atom stereocenters. The number of anilines is 1. The maximum Gasteiger partial charge on any atom is 0.303 e. The van der Waals surface area contributed by atoms with Crippen LogP contribution in [0, 0.1) is 0 Å². The Bertz CT molecular complexity index is 564. The SMILES string of the molecule is CC(=O)O[C@H]1[C@H](C)O[C@@H]2C[C@H]1Nc1c(Cl)cc(Cl)cc12. The predicted octanol–water partition coefficient (Wildman–Crippen LogP) is 3.57. The van der Waals surface area contributed by atoms with Crippen molar-refractivity contribution >= 4 is 34.9 Å². The van der Waals surface area contributed by atoms with Crippen molar-refractivity contribution in [2.24, 2.45) is 0 Å². The Morgan fingerprint density at radius 2 is 2.20 bits per heavy atom. The normalized spacial score (nSPS) is 31.2. The van der Waals surface area contributed by atoms with Crippen molar-refractivity contribution in [3.63, 3.8) is 0 Å². The molecule has 0 amide bonds. The smallest absolute Gasteiger partial charge is 0.303 e. The van der Waals surface area contributed by atoms with Crippen molar-refractivity contribution in [2.45, 2.75) is 44.6 Å². The Kier molecular flexibility index (Phi) is 3.56. The minimum atomic E-state index is -0.316. The molecule has 1 fully saturated rings. The number of hydrogen-bond acceptors (Lipinski definition) is 4. The summed E-state index contributed by atoms with van der Waals surface area (Å²) in [5.41, 5.74) is 1.79. The van der Waals surface area contributed by atoms with E-state index in [1.807, 2.05) is 13.0 Å². The standard InChI is InChI=1S/C14H15Cl2NO3/c1-6-14(20-7(2)18)11-5-12(19-6)9-3-8(15)4-10(16)13(9)17-11/h3-4,6,11-12,14,17H,5H2,1-2H3/t6-,11+,12+,14-/m0/s1. The molecule has 0 unspecified atom stereocenters. The minimum Gasteiger partial charge on any atom is -0.458 e. The van der Waals surface area contributed by atoms with Crippen LogP contribution >= 0.6 is 23.2 Å². The number of carbonyl (C=O) groups is 1. The van der Waals surface area contributed by atoms with Crippen LogP contribution in [0.25, 0.3) is 0 Å². The first-order valence-corrected chi connectivity index (χ1v) is 7.29. The summed E-state index contributed by atoms with van der Waals surface area (Å²) in [7, 11) is 0. The number of rotatable bonds is 1. The second-order valence-electron chi connectivity index (χ2n) is 5.24. The molecule has 2 aliphatic rings. The highest BCUT2D eigenvalue weighted by Crippen LogP contribution is 2.45. The van der Waals surface area contributed by atoms with E-state index in [-0.39, 0.29) is 30.3 Å². The summed E-state index contributed by atoms with van der Waals surface area (Å²) in [6.07, 6.45) is 0.158. The first-order valence-electron chi connectivity index (χ1n) is 6.54. The number of ether oxygens (including phenoxy) is 2. The first-order chi connectivity index (χ1) is 9.45. The lowest BCUT2D eigenvalue weighted by Gasteiger charge is -2.45. The van der Waals surface area contributed by atoms with E-state index in [0.717, 1.165) is 17.7 Å². The lowest BCUT2D eigenvalue weighted by Crippen LogP contribution is -2.52. The summed E-state index contributed by atoms with van der Waals surface area (Å²) in [6, 6.07) is 3.56. The van der Waals surface area contributed by atoms with Crippen molar-refractivity contribution in [1.29, 1.82) is 0 Å². The van der Waals surface area contributed by atoms with Crippen LogP contribution in [0.1, 0.15) is 31.9 Å². The molecular formula is C14H15Cl2NO3. The Labute approximate surface area is 127 Å². The Balaban J connectivity index is 1.97. The number of benzene rings is 1. The topological polar surface area (TPSA) is 47.6 Å². The molecule has 20 heavy (non-hydrogen) atoms. The van der Waals surface area contributed by atoms with Crippen LogP contribution in [0.2, 0.25) is 10.0 Å². The van der Waals surface area contributed by atoms with Crippen molar-refractivity contribution in [3.8, 4) is 0 Å². The average molecular weight is 316 g/mol. The molecule has 2 aliphatic heterocycles. The average Bonchev–Trinajstić information content (AvgIpc) is 2.35. The molecule has 1 N–H and O–H groups in total. The summed E-state index contributed by atoms with van der Waals surface area (Å²) in [5, 5.41) is 4.51. The minimum absolute atomic E-state index is 0.00109. The van der Waals surface area contributed by atoms with Crippen LogP contribution in [0.5, 0.6) is 0 Å². The molecule has 3 rings (SSSR count). The molecule has 6 heteroatoms. The maximum absolute atomic E-state index is 11.2. The summed E-state index contributed by atoms with van der Waals surface area (Å²) in [5.74, 6) is -0.307. The molecule has 2 heterocycles. The zero-order chi connectivity index (χ0) is 14.4. The van der Waals surface area contributed by atoms with Crippen LogP contribution < -0.4 is 5.32 Å². The van der Waals surface area contributed by atoms with Gasteiger partial charge in [0.2, 0.25) is 0 Å². The van der Waals surface area contributed by atoms with E-state index in [0.29, 0.717) is 10.0 Å². The van der Waals surface area contributed by atoms with Crippen molar-refractivity contribution in [1.82, 2.24) is 0 Å². The highest BCUT2D eigenvalue weighted by Gasteiger charge is 2.43. The van der Waals surface area contributed by atoms with Gasteiger partial charge in [0, 0.05) is 23.9 Å². The van der Waals surface area contributed by atoms with Gasteiger partial charge in [0.1, 0.15) is 6.10 Å². The van der Waals surface area contributed by atoms with Gasteiger partial charge in [-0.1, -0.05) is 23.2 Å². The third-order valence-electron chi connectivity index (χ3n) is 3.77. The molecule has 1 aromatic carbocycles. The van der Waals surface area contributed by atoms with Gasteiger partial charge in [0.15, 0.2) is 0 Å². The number of hydrogen-bond donors (Lipinski definition) is 1. The molecule has 2 bridgehead atoms. The summed E-state index contributed by atoms with van der Waals surface area (Å²) < 4.78 is 11.3. The fourth-order valence-corrected chi connectivity index (χ4v) is 3.54. The number of esters is 1. The van der Waals surface area contributed by atoms with Gasteiger partial charge in [-0.3, -0.25) is 4.79 Å². The monoisotopic (exact) mass is 315 g/mol. The van der Waals surface area contributed by atoms with Crippen molar-refractivity contribution < 1.29 is 14.3 Å². The van der Waals surface area contributed by atoms with E-state index in [2.05, 4.69) is 5.32 Å². The van der Waals surface area contributed by atoms with Gasteiger partial charge in [0.25, 0.3) is 0 Å². The van der Waals surface area contributed by atoms with E-state index in [9.17, 15) is 4.79 Å². The third-order valence-corrected chi connectivity index (χ3v) is 4.29. The highest BCUT2D eigenvalue weighted by molar-refractivity contribution is 6.36. The van der Waals surface area contributed by atoms with Gasteiger partial charge in [-0.2, -0.15) is 0 Å². The Morgan fingerprint density at radius 3 is 2.90 bits per heavy atom. The quantitative estimate of drug-likeness (QED) is 0.805. The lowest BCUT2D eigenvalue weighted by atomic mass is 9.87. The Hall–Kier alpha value is -0.970. The van der Waals surface area contributed by atoms with Crippen LogP contribution in [0.15, 0.2) is 12.1 Å². The second kappa shape index (κ2) is 5.10. The molecule has 0 aliphatic carbocycles. The summed E-state index contributed by atoms with van der Waals surface area (Å²) in [4.78, 5) is 11.2. The number of nitrogens with one attached hydrogen (secondary N) is 1. The predicted molar refractivity (Wildman–Crippen MR) is 77.3 cm³/mol. The maximum atomic E-state index is 11.2. The molecular weight excluding hydrogens is 301 g/mol.